The average Bonchev–Trinajstić information content (AvgIpc) is 1.60. The number of aromatic nitrogens is 4. The normalized spacial score (nSPS) is 14.6. The maximum absolute atomic E-state index is 12.9. The monoisotopic (exact) mass is 1720 g/mol. The molecule has 4 aliphatic rings. The van der Waals surface area contributed by atoms with E-state index in [2.05, 4.69) is 142 Å². The Labute approximate surface area is 629 Å². The summed E-state index contributed by atoms with van der Waals surface area (Å²) < 4.78 is 152. The minimum Gasteiger partial charge on any atom is -0.490 e. The number of nitrogens with zero attached hydrogens (tertiary/aromatic N) is 5. The van der Waals surface area contributed by atoms with Crippen LogP contribution in [0.3, 0.4) is 0 Å². The van der Waals surface area contributed by atoms with Gasteiger partial charge in [-0.1, -0.05) is 22.6 Å². The lowest BCUT2D eigenvalue weighted by Gasteiger charge is -2.36. The van der Waals surface area contributed by atoms with E-state index >= 15 is 0 Å². The molecule has 0 saturated carbocycles. The Morgan fingerprint density at radius 1 is 0.600 bits per heavy atom. The first-order chi connectivity index (χ1) is 49.2. The number of carbonyl (C=O) groups is 3. The van der Waals surface area contributed by atoms with Gasteiger partial charge in [-0.05, 0) is 227 Å². The highest BCUT2D eigenvalue weighted by Gasteiger charge is 2.52. The van der Waals surface area contributed by atoms with E-state index in [1.807, 2.05) is 64.8 Å². The molecule has 22 nitrogen and oxygen atoms in total. The molecule has 0 aliphatic carbocycles. The van der Waals surface area contributed by atoms with Crippen LogP contribution in [0, 0.1) is 0 Å². The summed E-state index contributed by atoms with van der Waals surface area (Å²) in [6.07, 6.45) is -8.93. The molecule has 1 fully saturated rings. The van der Waals surface area contributed by atoms with Crippen LogP contribution in [0.4, 0.5) is 73.6 Å². The van der Waals surface area contributed by atoms with Crippen LogP contribution in [-0.2, 0) is 9.31 Å². The summed E-state index contributed by atoms with van der Waals surface area (Å²) in [4.78, 5) is 42.8. The number of carbonyl (C=O) groups excluding carboxylic acids is 2. The molecule has 12 rings (SSSR count). The lowest BCUT2D eigenvalue weighted by Crippen LogP contribution is -2.41. The Morgan fingerprint density at radius 2 is 1.03 bits per heavy atom. The van der Waals surface area contributed by atoms with Gasteiger partial charge in [0.1, 0.15) is 42.0 Å². The fraction of sp³-hybridized carbons (Fsp3) is 0.343. The first-order valence-corrected chi connectivity index (χ1v) is 35.8. The minimum absolute atomic E-state index is 0.219. The molecule has 2 amide bonds. The Bertz CT molecular complexity index is 4240. The van der Waals surface area contributed by atoms with Crippen molar-refractivity contribution in [1.29, 1.82) is 0 Å². The van der Waals surface area contributed by atoms with Crippen LogP contribution >= 0.6 is 54.5 Å². The van der Waals surface area contributed by atoms with E-state index < -0.39 is 36.9 Å². The quantitative estimate of drug-likeness (QED) is 0.0156. The van der Waals surface area contributed by atoms with Crippen molar-refractivity contribution in [1.82, 2.24) is 20.4 Å². The van der Waals surface area contributed by atoms with Gasteiger partial charge in [0.15, 0.2) is 24.6 Å². The van der Waals surface area contributed by atoms with Crippen LogP contribution in [0.2, 0.25) is 0 Å². The van der Waals surface area contributed by atoms with Gasteiger partial charge in [-0.25, -0.2) is 4.79 Å². The number of nitrogens with two attached hydrogens (primary N) is 1. The number of H-pyrrole nitrogens is 2. The highest BCUT2D eigenvalue weighted by atomic mass is 127. The number of nitrogen functional groups attached to an aromatic ring is 1. The Balaban J connectivity index is 0.000000191. The number of fused-ring (bicyclic) bond motifs is 3. The fourth-order valence-corrected chi connectivity index (χ4v) is 11.7. The molecule has 6 aromatic carbocycles. The van der Waals surface area contributed by atoms with E-state index in [0.717, 1.165) is 81.3 Å². The van der Waals surface area contributed by atoms with Crippen LogP contribution in [0.5, 0.6) is 34.5 Å². The molecule has 8 aromatic rings. The molecule has 0 spiro atoms. The summed E-state index contributed by atoms with van der Waals surface area (Å²) in [7, 11) is -0.331. The van der Waals surface area contributed by atoms with Gasteiger partial charge in [0.2, 0.25) is 0 Å². The fourth-order valence-electron chi connectivity index (χ4n) is 10.4. The highest BCUT2D eigenvalue weighted by Crippen LogP contribution is 2.45. The van der Waals surface area contributed by atoms with Crippen LogP contribution in [-0.4, -0.2) is 147 Å². The molecule has 6 heterocycles. The number of hydrogen-bond donors (Lipinski definition) is 6. The standard InChI is InChI=1S/C22H21F3N4O3.C19H16BrF3N2O3.C12H14BrNO3.C9H15BN2O2.C7H6F3NO.CH3I/c1-13(2)29-9-10-31-19-12-14(11-17(20(19)29)18-7-8-26-28-18)21(30)27-15-3-5-16(6-4-15)32-22(23,24)25;1-11(2)25-7-8-27-16-10-12(9-15(20)17(16)25)18(26)24-13-3-5-14(6-4-13)28-19(21,22)23;1-7(2)14-3-4-17-10-6-8(12(15)16)5-9(13)11(10)14;1-8(2)9(3,4)14-10(13-8)7-5-6-11-12-7;8-7(9,10)12-6-3-1-5(11)2-4-6;1-2/h3-8,11-13H,9-10H2,1-2H3,(H,26,28)(H,27,30);3-7,9-11H,8H2,1-2H3;5-7H,3-4H2,1-2H3,(H,15,16);5-6H,1-4H3,(H,11,12);1-4H,11H2;1H3/p+1. The maximum atomic E-state index is 12.9. The van der Waals surface area contributed by atoms with Crippen molar-refractivity contribution in [3.8, 4) is 45.8 Å². The number of aromatic amines is 2. The van der Waals surface area contributed by atoms with E-state index in [1.165, 1.54) is 36.4 Å². The Morgan fingerprint density at radius 3 is 1.47 bits per heavy atom. The van der Waals surface area contributed by atoms with Gasteiger partial charge in [-0.15, -0.1) is 39.5 Å². The Kier molecular flexibility index (Phi) is 28.5. The van der Waals surface area contributed by atoms with Crippen molar-refractivity contribution in [2.75, 3.05) is 64.0 Å². The number of carboxylic acid groups (broad SMARTS) is 1. The van der Waals surface area contributed by atoms with Gasteiger partial charge in [0.05, 0.1) is 57.0 Å². The predicted octanol–water partition coefficient (Wildman–Crippen LogP) is 16.6. The smallest absolute Gasteiger partial charge is 0.490 e. The third-order valence-electron chi connectivity index (χ3n) is 15.9. The van der Waals surface area contributed by atoms with Crippen molar-refractivity contribution in [3.63, 3.8) is 0 Å². The molecule has 0 atom stereocenters. The summed E-state index contributed by atoms with van der Waals surface area (Å²) in [6.45, 7) is 23.6. The summed E-state index contributed by atoms with van der Waals surface area (Å²) in [6, 6.07) is 29.2. The van der Waals surface area contributed by atoms with Crippen molar-refractivity contribution in [2.24, 2.45) is 0 Å². The zero-order chi connectivity index (χ0) is 77.5. The second-order valence-electron chi connectivity index (χ2n) is 24.8. The van der Waals surface area contributed by atoms with E-state index in [1.54, 1.807) is 48.8 Å². The van der Waals surface area contributed by atoms with Gasteiger partial charge >= 0.3 is 32.2 Å². The third-order valence-corrected chi connectivity index (χ3v) is 17.1. The van der Waals surface area contributed by atoms with Gasteiger partial charge < -0.3 is 69.0 Å². The van der Waals surface area contributed by atoms with E-state index in [0.29, 0.717) is 82.3 Å². The second kappa shape index (κ2) is 35.9. The van der Waals surface area contributed by atoms with Crippen molar-refractivity contribution in [2.45, 2.75) is 118 Å². The van der Waals surface area contributed by atoms with E-state index in [4.69, 9.17) is 34.4 Å². The molecule has 2 aromatic heterocycles. The first-order valence-electron chi connectivity index (χ1n) is 32.0. The molecule has 7 N–H and O–H groups in total. The summed E-state index contributed by atoms with van der Waals surface area (Å²) in [5.74, 6) is -0.994. The molecular weight excluding hydrogens is 1640 g/mol. The van der Waals surface area contributed by atoms with Crippen LogP contribution < -0.4 is 60.2 Å². The summed E-state index contributed by atoms with van der Waals surface area (Å²) in [5, 5.41) is 28.0. The number of alkyl halides is 10. The number of halogens is 12. The third kappa shape index (κ3) is 23.5. The molecule has 35 heteroatoms. The van der Waals surface area contributed by atoms with Crippen molar-refractivity contribution >= 4 is 125 Å². The van der Waals surface area contributed by atoms with Gasteiger partial charge in [0, 0.05) is 62.7 Å². The molecular formula is C70H76BBr2F9IN10O12+. The first kappa shape index (κ1) is 83.3. The van der Waals surface area contributed by atoms with Gasteiger partial charge in [-0.2, -0.15) is 14.8 Å². The number of rotatable bonds is 13. The van der Waals surface area contributed by atoms with Crippen LogP contribution in [0.25, 0.3) is 11.3 Å². The SMILES string of the molecule is CC(C)N1CCOc2cc(C(=O)Nc3ccc(OC(F)(F)F)cc3)cc(-c3ccn[nH]3)c21.CC(C)N1CCOc2cc(C(=O)O)cc(Br)c21.CC(C)[N+]1=CCOc2cc(C(=O)Nc3ccc(OC(F)(F)F)cc3)cc(Br)c21.CC1(C)OB(c2ccn[nH]2)OC1(C)C.CI.Nc1ccc(OC(F)(F)F)cc1. The number of amides is 2. The molecule has 105 heavy (non-hydrogen) atoms. The molecule has 0 unspecified atom stereocenters. The molecule has 0 radical (unpaired) electrons. The lowest BCUT2D eigenvalue weighted by molar-refractivity contribution is -0.476. The number of benzene rings is 6. The largest absolute Gasteiger partial charge is 0.573 e. The molecule has 564 valence electrons. The number of aromatic carboxylic acids is 1. The predicted molar refractivity (Wildman–Crippen MR) is 396 cm³/mol. The molecule has 0 bridgehead atoms. The average molecular weight is 1720 g/mol. The van der Waals surface area contributed by atoms with Crippen molar-refractivity contribution in [3.05, 3.63) is 159 Å². The van der Waals surface area contributed by atoms with Crippen LogP contribution in [0.1, 0.15) is 100 Å². The topological polar surface area (TPSA) is 262 Å². The number of anilines is 5. The Hall–Kier alpha value is -8.94. The summed E-state index contributed by atoms with van der Waals surface area (Å²) >= 11 is 9.06. The zero-order valence-corrected chi connectivity index (χ0v) is 63.7. The zero-order valence-electron chi connectivity index (χ0n) is 58.4. The number of carboxylic acids is 1. The highest BCUT2D eigenvalue weighted by molar-refractivity contribution is 14.1. The van der Waals surface area contributed by atoms with Gasteiger partial charge in [0.25, 0.3) is 17.5 Å². The number of nitrogens with one attached hydrogen (secondary N) is 4. The lowest BCUT2D eigenvalue weighted by atomic mass is 9.85. The maximum Gasteiger partial charge on any atom is 0.573 e. The second-order valence-corrected chi connectivity index (χ2v) is 26.5. The van der Waals surface area contributed by atoms with Crippen molar-refractivity contribution < 1.29 is 101 Å². The molecule has 4 aliphatic heterocycles. The van der Waals surface area contributed by atoms with E-state index in [-0.39, 0.29) is 53.2 Å². The molecule has 1 saturated heterocycles. The summed E-state index contributed by atoms with van der Waals surface area (Å²) in [5.41, 5.74) is 11.7. The number of ether oxygens (including phenoxy) is 6. The van der Waals surface area contributed by atoms with Crippen LogP contribution in [0.15, 0.2) is 143 Å². The number of hydrogen-bond acceptors (Lipinski definition) is 16. The van der Waals surface area contributed by atoms with Gasteiger partial charge in [-0.3, -0.25) is 19.8 Å². The van der Waals surface area contributed by atoms with E-state index in [9.17, 15) is 53.9 Å². The minimum atomic E-state index is -4.78.